The molecule has 0 aromatic heterocycles. The summed E-state index contributed by atoms with van der Waals surface area (Å²) in [6, 6.07) is 32.8. The normalized spacial score (nSPS) is 19.1. The lowest BCUT2D eigenvalue weighted by Gasteiger charge is -2.36. The zero-order valence-corrected chi connectivity index (χ0v) is 50.5. The van der Waals surface area contributed by atoms with E-state index in [4.69, 9.17) is 0 Å². The third-order valence-electron chi connectivity index (χ3n) is 16.0. The zero-order valence-electron chi connectivity index (χ0n) is 50.5. The van der Waals surface area contributed by atoms with E-state index < -0.39 is 107 Å². The minimum Gasteiger partial charge on any atom is -0.347 e. The van der Waals surface area contributed by atoms with E-state index in [-0.39, 0.29) is 48.9 Å². The second-order valence-electron chi connectivity index (χ2n) is 24.6. The molecule has 2 aliphatic heterocycles. The Hall–Kier alpha value is -8.22. The van der Waals surface area contributed by atoms with Crippen LogP contribution in [-0.4, -0.2) is 133 Å². The van der Waals surface area contributed by atoms with Crippen LogP contribution in [0.5, 0.6) is 0 Å². The number of likely N-dealkylation sites (N-methyl/N-ethyl adjacent to an activating group) is 2. The van der Waals surface area contributed by atoms with Crippen molar-refractivity contribution in [3.05, 3.63) is 178 Å². The van der Waals surface area contributed by atoms with Crippen LogP contribution in [0, 0.1) is 24.7 Å². The molecule has 2 heterocycles. The molecule has 2 saturated heterocycles. The number of amides is 8. The molecule has 2 aliphatic rings. The number of likely N-dealkylation sites (tertiary alicyclic amines) is 2. The molecule has 0 spiro atoms. The largest absolute Gasteiger partial charge is 0.347 e. The van der Waals surface area contributed by atoms with Crippen LogP contribution in [0.25, 0.3) is 0 Å². The van der Waals surface area contributed by atoms with Crippen molar-refractivity contribution >= 4 is 47.3 Å². The van der Waals surface area contributed by atoms with Gasteiger partial charge < -0.3 is 52.3 Å². The second kappa shape index (κ2) is 27.4. The SMILES string of the molecule is CN[C@@H](C)C(=O)N[C@H](C(=O)N1C[C@@H](NC(=O)c2ccc(C(=O)N[C@H]3C[C@@H](C(=O)N[C@H](c4ccccc4)c4ccc(C)cc4)N(C(=O)[C@@H](NC(=O)[C@H](C)NC)C(C)(C)C)C3)cc2)C[C@H]1C(=O)N[C@H](c1ccccc1)c1ccc(C)cc1)C(C)(C)C. The maximum absolute atomic E-state index is 14.8. The molecule has 2 fully saturated rings. The molecule has 446 valence electrons. The fraction of sp³-hybridized carbons (Fsp3) is 0.424. The lowest BCUT2D eigenvalue weighted by atomic mass is 9.85. The first-order valence-electron chi connectivity index (χ1n) is 28.9. The van der Waals surface area contributed by atoms with Crippen LogP contribution in [0.2, 0.25) is 0 Å². The number of carbonyl (C=O) groups is 8. The van der Waals surface area contributed by atoms with Gasteiger partial charge in [0.05, 0.1) is 24.2 Å². The fourth-order valence-corrected chi connectivity index (χ4v) is 10.6. The van der Waals surface area contributed by atoms with E-state index in [1.807, 2.05) is 165 Å². The zero-order chi connectivity index (χ0) is 61.2. The van der Waals surface area contributed by atoms with Gasteiger partial charge in [-0.25, -0.2) is 0 Å². The molecular weight excluding hydrogens is 1060 g/mol. The van der Waals surface area contributed by atoms with Crippen molar-refractivity contribution in [3.63, 3.8) is 0 Å². The molecule has 0 saturated carbocycles. The van der Waals surface area contributed by atoms with Crippen molar-refractivity contribution in [1.29, 1.82) is 0 Å². The van der Waals surface area contributed by atoms with E-state index in [9.17, 15) is 38.4 Å². The van der Waals surface area contributed by atoms with Gasteiger partial charge in [-0.3, -0.25) is 38.4 Å². The summed E-state index contributed by atoms with van der Waals surface area (Å²) in [6.45, 7) is 18.3. The Morgan fingerprint density at radius 3 is 1.05 bits per heavy atom. The van der Waals surface area contributed by atoms with Crippen molar-refractivity contribution < 1.29 is 38.4 Å². The van der Waals surface area contributed by atoms with Gasteiger partial charge in [0.2, 0.25) is 35.4 Å². The van der Waals surface area contributed by atoms with Gasteiger partial charge in [0.1, 0.15) is 24.2 Å². The van der Waals surface area contributed by atoms with Crippen LogP contribution < -0.4 is 42.5 Å². The molecule has 0 aliphatic carbocycles. The quantitative estimate of drug-likeness (QED) is 0.0467. The smallest absolute Gasteiger partial charge is 0.251 e. The molecule has 18 heteroatoms. The van der Waals surface area contributed by atoms with Crippen molar-refractivity contribution in [1.82, 2.24) is 52.3 Å². The van der Waals surface area contributed by atoms with Crippen molar-refractivity contribution in [2.24, 2.45) is 10.8 Å². The van der Waals surface area contributed by atoms with Crippen LogP contribution >= 0.6 is 0 Å². The van der Waals surface area contributed by atoms with E-state index >= 15 is 0 Å². The Morgan fingerprint density at radius 2 is 0.750 bits per heavy atom. The van der Waals surface area contributed by atoms with Crippen molar-refractivity contribution in [3.8, 4) is 0 Å². The molecule has 0 unspecified atom stereocenters. The summed E-state index contributed by atoms with van der Waals surface area (Å²) >= 11 is 0. The number of hydrogen-bond acceptors (Lipinski definition) is 10. The summed E-state index contributed by atoms with van der Waals surface area (Å²) in [7, 11) is 3.29. The topological polar surface area (TPSA) is 239 Å². The summed E-state index contributed by atoms with van der Waals surface area (Å²) in [5.41, 5.74) is 4.30. The van der Waals surface area contributed by atoms with Crippen molar-refractivity contribution in [2.75, 3.05) is 27.2 Å². The van der Waals surface area contributed by atoms with Gasteiger partial charge in [-0.05, 0) is 112 Å². The molecule has 84 heavy (non-hydrogen) atoms. The average Bonchev–Trinajstić information content (AvgIpc) is 2.97. The van der Waals surface area contributed by atoms with Crippen LogP contribution in [0.1, 0.15) is 134 Å². The molecule has 8 N–H and O–H groups in total. The fourth-order valence-electron chi connectivity index (χ4n) is 10.6. The number of aryl methyl sites for hydroxylation is 2. The maximum atomic E-state index is 14.8. The predicted molar refractivity (Wildman–Crippen MR) is 324 cm³/mol. The Morgan fingerprint density at radius 1 is 0.440 bits per heavy atom. The Kier molecular flexibility index (Phi) is 20.7. The van der Waals surface area contributed by atoms with E-state index in [2.05, 4.69) is 42.5 Å². The number of rotatable bonds is 20. The summed E-state index contributed by atoms with van der Waals surface area (Å²) in [5, 5.41) is 24.2. The van der Waals surface area contributed by atoms with Gasteiger partial charge in [-0.1, -0.05) is 162 Å². The molecule has 0 bridgehead atoms. The predicted octanol–water partition coefficient (Wildman–Crippen LogP) is 5.79. The van der Waals surface area contributed by atoms with Gasteiger partial charge in [-0.15, -0.1) is 0 Å². The molecular formula is C66H84N10O8. The van der Waals surface area contributed by atoms with Gasteiger partial charge in [-0.2, -0.15) is 0 Å². The summed E-state index contributed by atoms with van der Waals surface area (Å²) in [6.07, 6.45) is 0.126. The van der Waals surface area contributed by atoms with Crippen LogP contribution in [0.15, 0.2) is 133 Å². The minimum absolute atomic E-state index is 0.0373. The maximum Gasteiger partial charge on any atom is 0.251 e. The highest BCUT2D eigenvalue weighted by Crippen LogP contribution is 2.31. The van der Waals surface area contributed by atoms with E-state index in [1.165, 1.54) is 34.1 Å². The summed E-state index contributed by atoms with van der Waals surface area (Å²) in [5.74, 6) is -3.61. The van der Waals surface area contributed by atoms with E-state index in [0.29, 0.717) is 0 Å². The number of nitrogens with zero attached hydrogens (tertiary/aromatic N) is 2. The van der Waals surface area contributed by atoms with E-state index in [1.54, 1.807) is 27.9 Å². The number of nitrogens with one attached hydrogen (secondary N) is 8. The highest BCUT2D eigenvalue weighted by atomic mass is 16.2. The molecule has 5 aromatic carbocycles. The first kappa shape index (κ1) is 63.4. The highest BCUT2D eigenvalue weighted by Gasteiger charge is 2.48. The Bertz CT molecular complexity index is 2920. The number of benzene rings is 5. The highest BCUT2D eigenvalue weighted by molar-refractivity contribution is 5.99. The Labute approximate surface area is 494 Å². The summed E-state index contributed by atoms with van der Waals surface area (Å²) in [4.78, 5) is 117. The van der Waals surface area contributed by atoms with Crippen LogP contribution in [0.3, 0.4) is 0 Å². The summed E-state index contributed by atoms with van der Waals surface area (Å²) < 4.78 is 0. The standard InChI is InChI=1S/C66H84N10O8/c1-39-23-27-45(28-24-39)53(43-19-15-13-16-20-43)71-61(81)51-35-49(37-75(51)63(83)55(65(5,6)7)73-57(77)41(3)67-11)69-59(79)47-31-33-48(34-32-47)60(80)70-50-36-52(76(38-50)64(84)56(66(8,9)10)74-58(78)42(4)68-12)62(82)72-54(44-21-17-14-18-22-44)46-29-25-40(2)26-30-46/h13-34,41-42,49-56,67-68H,35-38H2,1-12H3,(H,69,79)(H,70,80)(H,71,81)(H,72,82)(H,73,77)(H,74,78)/t41-,42-,49-,50-,51-,52-,53+,54+,55+,56+/m0/s1. The molecule has 18 nitrogen and oxygen atoms in total. The molecule has 0 radical (unpaired) electrons. The monoisotopic (exact) mass is 1140 g/mol. The van der Waals surface area contributed by atoms with Gasteiger partial charge in [0, 0.05) is 36.3 Å². The van der Waals surface area contributed by atoms with Crippen LogP contribution in [0.4, 0.5) is 0 Å². The lowest BCUT2D eigenvalue weighted by molar-refractivity contribution is -0.144. The van der Waals surface area contributed by atoms with Gasteiger partial charge in [0.25, 0.3) is 11.8 Å². The van der Waals surface area contributed by atoms with Gasteiger partial charge in [0.15, 0.2) is 0 Å². The lowest BCUT2D eigenvalue weighted by Crippen LogP contribution is -2.59. The third kappa shape index (κ3) is 15.7. The minimum atomic E-state index is -1.04. The molecule has 5 aromatic rings. The average molecular weight is 1150 g/mol. The third-order valence-corrected chi connectivity index (χ3v) is 16.0. The first-order chi connectivity index (χ1) is 39.8. The van der Waals surface area contributed by atoms with Crippen molar-refractivity contribution in [2.45, 2.75) is 142 Å². The Balaban J connectivity index is 1.10. The first-order valence-corrected chi connectivity index (χ1v) is 28.9. The molecule has 10 atom stereocenters. The molecule has 8 amide bonds. The van der Waals surface area contributed by atoms with Crippen LogP contribution in [-0.2, 0) is 28.8 Å². The number of carbonyl (C=O) groups excluding carboxylic acids is 8. The van der Waals surface area contributed by atoms with E-state index in [0.717, 1.165) is 33.4 Å². The second-order valence-corrected chi connectivity index (χ2v) is 24.6. The van der Waals surface area contributed by atoms with Gasteiger partial charge >= 0.3 is 0 Å². The number of hydrogen-bond donors (Lipinski definition) is 8. The molecule has 7 rings (SSSR count).